The van der Waals surface area contributed by atoms with Crippen molar-refractivity contribution in [2.45, 2.75) is 20.1 Å². The number of carbonyl (C=O) groups excluding carboxylic acids is 1. The molecular weight excluding hydrogens is 296 g/mol. The quantitative estimate of drug-likeness (QED) is 0.733. The monoisotopic (exact) mass is 316 g/mol. The van der Waals surface area contributed by atoms with Crippen LogP contribution in [-0.2, 0) is 22.7 Å². The van der Waals surface area contributed by atoms with Gasteiger partial charge in [-0.1, -0.05) is 18.2 Å². The molecule has 0 fully saturated rings. The van der Waals surface area contributed by atoms with Crippen molar-refractivity contribution in [3.05, 3.63) is 53.6 Å². The van der Waals surface area contributed by atoms with E-state index in [0.29, 0.717) is 18.1 Å². The zero-order valence-electron chi connectivity index (χ0n) is 13.5. The first-order chi connectivity index (χ1) is 11.1. The van der Waals surface area contributed by atoms with Gasteiger partial charge in [-0.15, -0.1) is 0 Å². The van der Waals surface area contributed by atoms with Gasteiger partial charge < -0.3 is 18.9 Å². The summed E-state index contributed by atoms with van der Waals surface area (Å²) in [5.41, 5.74) is 1.85. The number of ether oxygens (including phenoxy) is 4. The van der Waals surface area contributed by atoms with Gasteiger partial charge in [0.25, 0.3) is 0 Å². The van der Waals surface area contributed by atoms with Gasteiger partial charge in [-0.05, 0) is 35.4 Å². The summed E-state index contributed by atoms with van der Waals surface area (Å²) < 4.78 is 21.3. The van der Waals surface area contributed by atoms with E-state index in [4.69, 9.17) is 18.9 Å². The third-order valence-corrected chi connectivity index (χ3v) is 3.22. The number of hydrogen-bond acceptors (Lipinski definition) is 5. The number of benzene rings is 2. The van der Waals surface area contributed by atoms with E-state index in [-0.39, 0.29) is 12.6 Å². The first-order valence-electron chi connectivity index (χ1n) is 7.18. The minimum Gasteiger partial charge on any atom is -0.497 e. The number of hydrogen-bond donors (Lipinski definition) is 0. The third-order valence-electron chi connectivity index (χ3n) is 3.22. The van der Waals surface area contributed by atoms with Crippen LogP contribution in [0.1, 0.15) is 18.1 Å². The molecule has 0 aliphatic carbocycles. The molecule has 0 unspecified atom stereocenters. The molecule has 0 heterocycles. The maximum Gasteiger partial charge on any atom is 0.302 e. The van der Waals surface area contributed by atoms with Crippen LogP contribution in [0.15, 0.2) is 42.5 Å². The van der Waals surface area contributed by atoms with Crippen molar-refractivity contribution in [2.24, 2.45) is 0 Å². The SMILES string of the molecule is COc1ccc(COc2cc(COC(C)=O)ccc2OC)cc1. The van der Waals surface area contributed by atoms with E-state index in [2.05, 4.69) is 0 Å². The van der Waals surface area contributed by atoms with Gasteiger partial charge in [-0.3, -0.25) is 4.79 Å². The molecule has 2 aromatic rings. The molecule has 0 aliphatic heterocycles. The molecule has 0 saturated carbocycles. The van der Waals surface area contributed by atoms with E-state index in [1.165, 1.54) is 6.92 Å². The smallest absolute Gasteiger partial charge is 0.302 e. The molecule has 2 aromatic carbocycles. The Morgan fingerprint density at radius 3 is 2.17 bits per heavy atom. The lowest BCUT2D eigenvalue weighted by molar-refractivity contribution is -0.142. The Labute approximate surface area is 135 Å². The zero-order valence-corrected chi connectivity index (χ0v) is 13.5. The second kappa shape index (κ2) is 8.08. The number of methoxy groups -OCH3 is 2. The van der Waals surface area contributed by atoms with Gasteiger partial charge >= 0.3 is 5.97 Å². The fourth-order valence-corrected chi connectivity index (χ4v) is 1.99. The summed E-state index contributed by atoms with van der Waals surface area (Å²) in [5, 5.41) is 0. The molecule has 5 heteroatoms. The van der Waals surface area contributed by atoms with Crippen LogP contribution >= 0.6 is 0 Å². The van der Waals surface area contributed by atoms with Gasteiger partial charge in [0.05, 0.1) is 14.2 Å². The van der Waals surface area contributed by atoms with Gasteiger partial charge in [-0.25, -0.2) is 0 Å². The minimum atomic E-state index is -0.318. The van der Waals surface area contributed by atoms with Crippen molar-refractivity contribution in [2.75, 3.05) is 14.2 Å². The molecule has 0 atom stereocenters. The first kappa shape index (κ1) is 16.7. The highest BCUT2D eigenvalue weighted by molar-refractivity contribution is 5.66. The Balaban J connectivity index is 2.06. The van der Waals surface area contributed by atoms with Crippen LogP contribution in [0.25, 0.3) is 0 Å². The average Bonchev–Trinajstić information content (AvgIpc) is 2.58. The maximum absolute atomic E-state index is 10.9. The standard InChI is InChI=1S/C18H20O5/c1-13(19)22-12-15-6-9-17(21-3)18(10-15)23-11-14-4-7-16(20-2)8-5-14/h4-10H,11-12H2,1-3H3. The lowest BCUT2D eigenvalue weighted by atomic mass is 10.2. The summed E-state index contributed by atoms with van der Waals surface area (Å²) in [6.45, 7) is 1.99. The van der Waals surface area contributed by atoms with Crippen molar-refractivity contribution in [3.63, 3.8) is 0 Å². The molecule has 0 aliphatic rings. The molecule has 0 aromatic heterocycles. The minimum absolute atomic E-state index is 0.207. The summed E-state index contributed by atoms with van der Waals surface area (Å²) in [6, 6.07) is 13.1. The van der Waals surface area contributed by atoms with Crippen molar-refractivity contribution < 1.29 is 23.7 Å². The van der Waals surface area contributed by atoms with E-state index < -0.39 is 0 Å². The highest BCUT2D eigenvalue weighted by Crippen LogP contribution is 2.29. The Kier molecular flexibility index (Phi) is 5.86. The Morgan fingerprint density at radius 1 is 0.870 bits per heavy atom. The average molecular weight is 316 g/mol. The Morgan fingerprint density at radius 2 is 1.57 bits per heavy atom. The van der Waals surface area contributed by atoms with Gasteiger partial charge in [0, 0.05) is 6.92 Å². The number of esters is 1. The highest BCUT2D eigenvalue weighted by Gasteiger charge is 2.07. The lowest BCUT2D eigenvalue weighted by Gasteiger charge is -2.13. The van der Waals surface area contributed by atoms with Crippen LogP contribution in [0.3, 0.4) is 0 Å². The third kappa shape index (κ3) is 4.92. The molecule has 2 rings (SSSR count). The van der Waals surface area contributed by atoms with Gasteiger partial charge in [0.2, 0.25) is 0 Å². The van der Waals surface area contributed by atoms with Gasteiger partial charge in [-0.2, -0.15) is 0 Å². The summed E-state index contributed by atoms with van der Waals surface area (Å²) in [5.74, 6) is 1.72. The number of carbonyl (C=O) groups is 1. The molecule has 5 nitrogen and oxygen atoms in total. The molecule has 0 radical (unpaired) electrons. The second-order valence-electron chi connectivity index (χ2n) is 4.90. The fourth-order valence-electron chi connectivity index (χ4n) is 1.99. The first-order valence-corrected chi connectivity index (χ1v) is 7.18. The normalized spacial score (nSPS) is 10.0. The lowest BCUT2D eigenvalue weighted by Crippen LogP contribution is -2.01. The molecular formula is C18H20O5. The Hall–Kier alpha value is -2.69. The molecule has 0 amide bonds. The summed E-state index contributed by atoms with van der Waals surface area (Å²) in [7, 11) is 3.21. The predicted molar refractivity (Wildman–Crippen MR) is 85.8 cm³/mol. The summed E-state index contributed by atoms with van der Waals surface area (Å²) in [4.78, 5) is 10.9. The van der Waals surface area contributed by atoms with Crippen LogP contribution in [0.2, 0.25) is 0 Å². The summed E-state index contributed by atoms with van der Waals surface area (Å²) in [6.07, 6.45) is 0. The van der Waals surface area contributed by atoms with Crippen LogP contribution in [-0.4, -0.2) is 20.2 Å². The topological polar surface area (TPSA) is 54.0 Å². The molecule has 0 N–H and O–H groups in total. The molecule has 0 bridgehead atoms. The van der Waals surface area contributed by atoms with E-state index in [1.807, 2.05) is 36.4 Å². The second-order valence-corrected chi connectivity index (χ2v) is 4.90. The largest absolute Gasteiger partial charge is 0.497 e. The van der Waals surface area contributed by atoms with E-state index >= 15 is 0 Å². The number of rotatable bonds is 7. The van der Waals surface area contributed by atoms with E-state index in [0.717, 1.165) is 16.9 Å². The van der Waals surface area contributed by atoms with Crippen LogP contribution in [0.4, 0.5) is 0 Å². The fraction of sp³-hybridized carbons (Fsp3) is 0.278. The predicted octanol–water partition coefficient (Wildman–Crippen LogP) is 3.35. The molecule has 122 valence electrons. The van der Waals surface area contributed by atoms with E-state index in [9.17, 15) is 4.79 Å². The Bertz CT molecular complexity index is 649. The van der Waals surface area contributed by atoms with Crippen LogP contribution in [0, 0.1) is 0 Å². The summed E-state index contributed by atoms with van der Waals surface area (Å²) >= 11 is 0. The van der Waals surface area contributed by atoms with E-state index in [1.54, 1.807) is 20.3 Å². The molecule has 0 spiro atoms. The van der Waals surface area contributed by atoms with Crippen molar-refractivity contribution >= 4 is 5.97 Å². The van der Waals surface area contributed by atoms with Gasteiger partial charge in [0.15, 0.2) is 11.5 Å². The molecule has 23 heavy (non-hydrogen) atoms. The van der Waals surface area contributed by atoms with Gasteiger partial charge in [0.1, 0.15) is 19.0 Å². The zero-order chi connectivity index (χ0) is 16.7. The van der Waals surface area contributed by atoms with Crippen molar-refractivity contribution in [3.8, 4) is 17.2 Å². The van der Waals surface area contributed by atoms with Crippen LogP contribution in [0.5, 0.6) is 17.2 Å². The van der Waals surface area contributed by atoms with Crippen LogP contribution < -0.4 is 14.2 Å². The van der Waals surface area contributed by atoms with Crippen molar-refractivity contribution in [1.29, 1.82) is 0 Å². The molecule has 0 saturated heterocycles. The van der Waals surface area contributed by atoms with Crippen molar-refractivity contribution in [1.82, 2.24) is 0 Å². The maximum atomic E-state index is 10.9. The highest BCUT2D eigenvalue weighted by atomic mass is 16.5.